The number of ether oxygens (including phenoxy) is 1. The van der Waals surface area contributed by atoms with E-state index in [1.165, 1.54) is 0 Å². The minimum absolute atomic E-state index is 0.166. The first-order valence-corrected chi connectivity index (χ1v) is 7.75. The smallest absolute Gasteiger partial charge is 0.127 e. The largest absolute Gasteiger partial charge is 0.383 e. The molecule has 2 rings (SSSR count). The van der Waals surface area contributed by atoms with Gasteiger partial charge in [-0.25, -0.2) is 0 Å². The van der Waals surface area contributed by atoms with Gasteiger partial charge in [-0.3, -0.25) is 4.90 Å². The van der Waals surface area contributed by atoms with E-state index in [1.54, 1.807) is 7.11 Å². The maximum Gasteiger partial charge on any atom is 0.127 e. The van der Waals surface area contributed by atoms with Gasteiger partial charge in [0.1, 0.15) is 6.29 Å². The summed E-state index contributed by atoms with van der Waals surface area (Å²) in [6.07, 6.45) is 0.938. The first-order chi connectivity index (χ1) is 10.2. The summed E-state index contributed by atoms with van der Waals surface area (Å²) >= 11 is 6.50. The number of hydrogen-bond donors (Lipinski definition) is 0. The number of halogens is 1. The van der Waals surface area contributed by atoms with Crippen molar-refractivity contribution in [3.8, 4) is 0 Å². The van der Waals surface area contributed by atoms with Gasteiger partial charge < -0.3 is 14.4 Å². The van der Waals surface area contributed by atoms with Gasteiger partial charge in [-0.05, 0) is 11.6 Å². The van der Waals surface area contributed by atoms with E-state index in [4.69, 9.17) is 16.3 Å². The summed E-state index contributed by atoms with van der Waals surface area (Å²) in [5, 5.41) is 0.711. The minimum Gasteiger partial charge on any atom is -0.383 e. The minimum atomic E-state index is -0.166. The van der Waals surface area contributed by atoms with E-state index >= 15 is 0 Å². The molecule has 0 spiro atoms. The maximum atomic E-state index is 11.0. The molecule has 116 valence electrons. The summed E-state index contributed by atoms with van der Waals surface area (Å²) in [6, 6.07) is 5.95. The molecule has 0 radical (unpaired) electrons. The van der Waals surface area contributed by atoms with Crippen LogP contribution in [0.4, 0.5) is 5.69 Å². The topological polar surface area (TPSA) is 32.8 Å². The van der Waals surface area contributed by atoms with Gasteiger partial charge in [-0.1, -0.05) is 30.7 Å². The van der Waals surface area contributed by atoms with Crippen LogP contribution in [0.1, 0.15) is 18.4 Å². The highest BCUT2D eigenvalue weighted by Crippen LogP contribution is 2.33. The van der Waals surface area contributed by atoms with Crippen LogP contribution in [0.25, 0.3) is 0 Å². The van der Waals surface area contributed by atoms with E-state index in [0.717, 1.165) is 56.9 Å². The average molecular weight is 311 g/mol. The molecule has 1 heterocycles. The predicted molar refractivity (Wildman–Crippen MR) is 86.5 cm³/mol. The number of anilines is 1. The van der Waals surface area contributed by atoms with Crippen molar-refractivity contribution in [1.29, 1.82) is 0 Å². The second-order valence-corrected chi connectivity index (χ2v) is 5.80. The number of hydrogen-bond acceptors (Lipinski definition) is 4. The maximum absolute atomic E-state index is 11.0. The molecular formula is C16H23ClN2O2. The van der Waals surface area contributed by atoms with Crippen LogP contribution in [0.5, 0.6) is 0 Å². The molecule has 4 nitrogen and oxygen atoms in total. The van der Waals surface area contributed by atoms with Gasteiger partial charge in [0.2, 0.25) is 0 Å². The summed E-state index contributed by atoms with van der Waals surface area (Å²) in [6.45, 7) is 7.53. The van der Waals surface area contributed by atoms with Crippen molar-refractivity contribution in [2.24, 2.45) is 0 Å². The summed E-state index contributed by atoms with van der Waals surface area (Å²) in [5.74, 6) is -0.166. The predicted octanol–water partition coefficient (Wildman–Crippen LogP) is 2.41. The number of piperazine rings is 1. The van der Waals surface area contributed by atoms with Crippen LogP contribution in [0.15, 0.2) is 18.2 Å². The van der Waals surface area contributed by atoms with Crippen LogP contribution >= 0.6 is 11.6 Å². The van der Waals surface area contributed by atoms with Gasteiger partial charge in [-0.2, -0.15) is 0 Å². The van der Waals surface area contributed by atoms with E-state index < -0.39 is 0 Å². The summed E-state index contributed by atoms with van der Waals surface area (Å²) in [4.78, 5) is 15.7. The molecule has 0 N–H and O–H groups in total. The average Bonchev–Trinajstić information content (AvgIpc) is 2.53. The van der Waals surface area contributed by atoms with Crippen LogP contribution < -0.4 is 4.90 Å². The monoisotopic (exact) mass is 310 g/mol. The summed E-state index contributed by atoms with van der Waals surface area (Å²) in [7, 11) is 1.73. The zero-order valence-electron chi connectivity index (χ0n) is 12.7. The highest BCUT2D eigenvalue weighted by Gasteiger charge is 2.20. The van der Waals surface area contributed by atoms with Crippen LogP contribution in [-0.2, 0) is 9.53 Å². The molecule has 0 bridgehead atoms. The van der Waals surface area contributed by atoms with Gasteiger partial charge >= 0.3 is 0 Å². The van der Waals surface area contributed by atoms with Crippen LogP contribution in [0.3, 0.4) is 0 Å². The molecule has 1 aromatic rings. The standard InChI is InChI=1S/C16H23ClN2O2/c1-13(12-20)14-4-3-5-15(16(14)17)19-8-6-18(7-9-19)10-11-21-2/h3-5,12-13H,6-11H2,1-2H3. The van der Waals surface area contributed by atoms with Gasteiger partial charge in [0, 0.05) is 45.8 Å². The Morgan fingerprint density at radius 2 is 2.05 bits per heavy atom. The summed E-state index contributed by atoms with van der Waals surface area (Å²) in [5.41, 5.74) is 1.94. The first-order valence-electron chi connectivity index (χ1n) is 7.37. The van der Waals surface area contributed by atoms with Gasteiger partial charge in [0.25, 0.3) is 0 Å². The highest BCUT2D eigenvalue weighted by atomic mass is 35.5. The van der Waals surface area contributed by atoms with Crippen LogP contribution in [-0.4, -0.2) is 57.6 Å². The Morgan fingerprint density at radius 3 is 2.67 bits per heavy atom. The lowest BCUT2D eigenvalue weighted by molar-refractivity contribution is -0.108. The third-order valence-electron chi connectivity index (χ3n) is 4.03. The van der Waals surface area contributed by atoms with Crippen molar-refractivity contribution >= 4 is 23.6 Å². The quantitative estimate of drug-likeness (QED) is 0.756. The molecule has 1 aliphatic rings. The fraction of sp³-hybridized carbons (Fsp3) is 0.562. The molecule has 1 saturated heterocycles. The second-order valence-electron chi connectivity index (χ2n) is 5.43. The Hall–Kier alpha value is -1.10. The van der Waals surface area contributed by atoms with E-state index in [1.807, 2.05) is 25.1 Å². The van der Waals surface area contributed by atoms with Gasteiger partial charge in [0.15, 0.2) is 0 Å². The van der Waals surface area contributed by atoms with E-state index in [2.05, 4.69) is 9.80 Å². The lowest BCUT2D eigenvalue weighted by Gasteiger charge is -2.36. The number of aldehydes is 1. The fourth-order valence-electron chi connectivity index (χ4n) is 2.64. The van der Waals surface area contributed by atoms with Crippen molar-refractivity contribution in [3.63, 3.8) is 0 Å². The van der Waals surface area contributed by atoms with Gasteiger partial charge in [-0.15, -0.1) is 0 Å². The number of carbonyl (C=O) groups is 1. The third-order valence-corrected chi connectivity index (χ3v) is 4.44. The molecule has 1 aromatic carbocycles. The number of carbonyl (C=O) groups excluding carboxylic acids is 1. The molecule has 1 fully saturated rings. The molecule has 0 saturated carbocycles. The molecule has 0 aromatic heterocycles. The number of nitrogens with zero attached hydrogens (tertiary/aromatic N) is 2. The van der Waals surface area contributed by atoms with Crippen LogP contribution in [0.2, 0.25) is 5.02 Å². The molecule has 5 heteroatoms. The lowest BCUT2D eigenvalue weighted by atomic mass is 10.0. The molecule has 0 aliphatic carbocycles. The van der Waals surface area contributed by atoms with Crippen molar-refractivity contribution in [2.75, 3.05) is 51.3 Å². The Bertz CT molecular complexity index is 473. The van der Waals surface area contributed by atoms with E-state index in [-0.39, 0.29) is 5.92 Å². The number of methoxy groups -OCH3 is 1. The zero-order valence-corrected chi connectivity index (χ0v) is 13.5. The first kappa shape index (κ1) is 16.3. The molecule has 21 heavy (non-hydrogen) atoms. The molecular weight excluding hydrogens is 288 g/mol. The van der Waals surface area contributed by atoms with Crippen molar-refractivity contribution in [3.05, 3.63) is 28.8 Å². The molecule has 0 amide bonds. The summed E-state index contributed by atoms with van der Waals surface area (Å²) < 4.78 is 5.12. The number of benzene rings is 1. The normalized spacial score (nSPS) is 17.8. The molecule has 1 aliphatic heterocycles. The van der Waals surface area contributed by atoms with E-state index in [9.17, 15) is 4.79 Å². The zero-order chi connectivity index (χ0) is 15.2. The van der Waals surface area contributed by atoms with Gasteiger partial charge in [0.05, 0.1) is 17.3 Å². The van der Waals surface area contributed by atoms with Crippen LogP contribution in [0, 0.1) is 0 Å². The van der Waals surface area contributed by atoms with Crippen molar-refractivity contribution in [1.82, 2.24) is 4.90 Å². The Balaban J connectivity index is 2.05. The molecule has 1 unspecified atom stereocenters. The highest BCUT2D eigenvalue weighted by molar-refractivity contribution is 6.34. The third kappa shape index (κ3) is 3.96. The Labute approximate surface area is 131 Å². The van der Waals surface area contributed by atoms with Crippen molar-refractivity contribution in [2.45, 2.75) is 12.8 Å². The second kappa shape index (κ2) is 7.78. The number of rotatable bonds is 6. The lowest BCUT2D eigenvalue weighted by Crippen LogP contribution is -2.47. The Morgan fingerprint density at radius 1 is 1.33 bits per heavy atom. The SMILES string of the molecule is COCCN1CCN(c2cccc(C(C)C=O)c2Cl)CC1. The molecule has 1 atom stereocenters. The Kier molecular flexibility index (Phi) is 6.03. The van der Waals surface area contributed by atoms with E-state index in [0.29, 0.717) is 5.02 Å². The fourth-order valence-corrected chi connectivity index (χ4v) is 3.06. The van der Waals surface area contributed by atoms with Crippen molar-refractivity contribution < 1.29 is 9.53 Å².